The average Bonchev–Trinajstić information content (AvgIpc) is 2.73. The first-order valence-electron chi connectivity index (χ1n) is 8.74. The summed E-state index contributed by atoms with van der Waals surface area (Å²) in [5.41, 5.74) is 5.24. The highest BCUT2D eigenvalue weighted by molar-refractivity contribution is 5.95. The summed E-state index contributed by atoms with van der Waals surface area (Å²) in [6, 6.07) is 16.2. The van der Waals surface area contributed by atoms with E-state index in [2.05, 4.69) is 41.5 Å². The van der Waals surface area contributed by atoms with Crippen molar-refractivity contribution in [3.63, 3.8) is 0 Å². The average molecular weight is 356 g/mol. The molecule has 0 fully saturated rings. The van der Waals surface area contributed by atoms with Gasteiger partial charge >= 0.3 is 0 Å². The van der Waals surface area contributed by atoms with Gasteiger partial charge < -0.3 is 10.1 Å². The van der Waals surface area contributed by atoms with Crippen molar-refractivity contribution in [2.75, 3.05) is 19.5 Å². The molecule has 0 aliphatic carbocycles. The molecule has 4 aromatic rings. The molecule has 0 radical (unpaired) electrons. The van der Waals surface area contributed by atoms with E-state index in [0.29, 0.717) is 5.82 Å². The lowest BCUT2D eigenvalue weighted by Crippen LogP contribution is -2.00. The Morgan fingerprint density at radius 1 is 0.963 bits per heavy atom. The van der Waals surface area contributed by atoms with Gasteiger partial charge in [-0.3, -0.25) is 4.98 Å². The van der Waals surface area contributed by atoms with E-state index >= 15 is 0 Å². The van der Waals surface area contributed by atoms with Crippen molar-refractivity contribution in [1.29, 1.82) is 0 Å². The van der Waals surface area contributed by atoms with Gasteiger partial charge in [-0.15, -0.1) is 0 Å². The number of methoxy groups -OCH3 is 1. The van der Waals surface area contributed by atoms with E-state index in [0.717, 1.165) is 44.7 Å². The Kier molecular flexibility index (Phi) is 4.42. The minimum atomic E-state index is 0.663. The fraction of sp³-hybridized carbons (Fsp3) is 0.136. The van der Waals surface area contributed by atoms with E-state index in [9.17, 15) is 0 Å². The van der Waals surface area contributed by atoms with E-state index in [1.807, 2.05) is 31.3 Å². The molecule has 0 bridgehead atoms. The van der Waals surface area contributed by atoms with Gasteiger partial charge in [-0.2, -0.15) is 0 Å². The van der Waals surface area contributed by atoms with Crippen LogP contribution >= 0.6 is 0 Å². The van der Waals surface area contributed by atoms with Gasteiger partial charge in [0.05, 0.1) is 12.6 Å². The van der Waals surface area contributed by atoms with Crippen LogP contribution in [0.3, 0.4) is 0 Å². The molecule has 0 aliphatic rings. The summed E-state index contributed by atoms with van der Waals surface area (Å²) in [5, 5.41) is 4.19. The third-order valence-electron chi connectivity index (χ3n) is 4.60. The topological polar surface area (TPSA) is 59.9 Å². The van der Waals surface area contributed by atoms with Gasteiger partial charge in [-0.25, -0.2) is 9.97 Å². The van der Waals surface area contributed by atoms with Crippen molar-refractivity contribution < 1.29 is 4.74 Å². The highest BCUT2D eigenvalue weighted by atomic mass is 16.5. The van der Waals surface area contributed by atoms with Gasteiger partial charge in [0, 0.05) is 30.4 Å². The summed E-state index contributed by atoms with van der Waals surface area (Å²) in [6.07, 6.45) is 3.52. The Bertz CT molecular complexity index is 1090. The number of benzene rings is 2. The molecule has 0 saturated heterocycles. The van der Waals surface area contributed by atoms with Crippen LogP contribution in [0.25, 0.3) is 33.4 Å². The van der Waals surface area contributed by atoms with Gasteiger partial charge in [0.25, 0.3) is 0 Å². The van der Waals surface area contributed by atoms with Gasteiger partial charge in [-0.05, 0) is 60.0 Å². The second-order valence-corrected chi connectivity index (χ2v) is 6.30. The Hall–Kier alpha value is -3.47. The minimum Gasteiger partial charge on any atom is -0.497 e. The second-order valence-electron chi connectivity index (χ2n) is 6.30. The van der Waals surface area contributed by atoms with Crippen LogP contribution in [0, 0.1) is 6.92 Å². The first-order valence-corrected chi connectivity index (χ1v) is 8.74. The second kappa shape index (κ2) is 7.03. The molecule has 1 N–H and O–H groups in total. The van der Waals surface area contributed by atoms with Crippen LogP contribution in [0.4, 0.5) is 5.82 Å². The third-order valence-corrected chi connectivity index (χ3v) is 4.60. The number of aromatic nitrogens is 3. The molecule has 0 spiro atoms. The molecular formula is C22H20N4O. The predicted molar refractivity (Wildman–Crippen MR) is 109 cm³/mol. The molecule has 5 nitrogen and oxygen atoms in total. The van der Waals surface area contributed by atoms with Gasteiger partial charge in [0.15, 0.2) is 5.82 Å². The molecule has 0 unspecified atom stereocenters. The lowest BCUT2D eigenvalue weighted by molar-refractivity contribution is 0.415. The summed E-state index contributed by atoms with van der Waals surface area (Å²) in [5.74, 6) is 2.31. The highest BCUT2D eigenvalue weighted by Crippen LogP contribution is 2.32. The lowest BCUT2D eigenvalue weighted by atomic mass is 9.98. The van der Waals surface area contributed by atoms with Crippen LogP contribution in [-0.2, 0) is 0 Å². The zero-order chi connectivity index (χ0) is 18.8. The summed E-state index contributed by atoms with van der Waals surface area (Å²) >= 11 is 0. The maximum absolute atomic E-state index is 5.26. The zero-order valence-corrected chi connectivity index (χ0v) is 15.5. The van der Waals surface area contributed by atoms with Gasteiger partial charge in [0.2, 0.25) is 0 Å². The summed E-state index contributed by atoms with van der Waals surface area (Å²) < 4.78 is 5.26. The van der Waals surface area contributed by atoms with Crippen LogP contribution in [-0.4, -0.2) is 29.1 Å². The maximum atomic E-state index is 5.26. The van der Waals surface area contributed by atoms with Crippen molar-refractivity contribution in [2.24, 2.45) is 0 Å². The molecule has 2 aromatic carbocycles. The summed E-state index contributed by atoms with van der Waals surface area (Å²) in [7, 11) is 3.55. The van der Waals surface area contributed by atoms with E-state index in [1.165, 1.54) is 0 Å². The number of anilines is 1. The van der Waals surface area contributed by atoms with Crippen molar-refractivity contribution in [3.8, 4) is 28.3 Å². The standard InChI is InChI=1S/C22H20N4O/c1-14-11-20-19(12-18(14)15-6-8-17(27-3)9-7-15)22(23-2)26-21(25-20)16-5-4-10-24-13-16/h4-13H,1-3H3,(H,23,25,26). The minimum absolute atomic E-state index is 0.663. The number of hydrogen-bond donors (Lipinski definition) is 1. The smallest absolute Gasteiger partial charge is 0.163 e. The SMILES string of the molecule is CNc1nc(-c2cccnc2)nc2cc(C)c(-c3ccc(OC)cc3)cc12. The molecular weight excluding hydrogens is 336 g/mol. The molecule has 4 rings (SSSR count). The fourth-order valence-electron chi connectivity index (χ4n) is 3.18. The van der Waals surface area contributed by atoms with Crippen LogP contribution in [0.1, 0.15) is 5.56 Å². The Balaban J connectivity index is 1.88. The normalized spacial score (nSPS) is 10.8. The monoisotopic (exact) mass is 356 g/mol. The summed E-state index contributed by atoms with van der Waals surface area (Å²) in [4.78, 5) is 13.6. The van der Waals surface area contributed by atoms with Crippen molar-refractivity contribution in [1.82, 2.24) is 15.0 Å². The number of rotatable bonds is 4. The number of ether oxygens (including phenoxy) is 1. The zero-order valence-electron chi connectivity index (χ0n) is 15.5. The number of fused-ring (bicyclic) bond motifs is 1. The number of aryl methyl sites for hydroxylation is 1. The molecule has 0 saturated carbocycles. The molecule has 2 heterocycles. The van der Waals surface area contributed by atoms with Crippen LogP contribution < -0.4 is 10.1 Å². The Labute approximate surface area is 158 Å². The molecule has 0 amide bonds. The van der Waals surface area contributed by atoms with Crippen LogP contribution in [0.15, 0.2) is 60.9 Å². The van der Waals surface area contributed by atoms with Crippen molar-refractivity contribution in [2.45, 2.75) is 6.92 Å². The quantitative estimate of drug-likeness (QED) is 0.573. The maximum Gasteiger partial charge on any atom is 0.163 e. The van der Waals surface area contributed by atoms with Gasteiger partial charge in [-0.1, -0.05) is 12.1 Å². The molecule has 0 atom stereocenters. The fourth-order valence-corrected chi connectivity index (χ4v) is 3.18. The van der Waals surface area contributed by atoms with E-state index in [1.54, 1.807) is 19.5 Å². The first-order chi connectivity index (χ1) is 13.2. The molecule has 5 heteroatoms. The number of nitrogens with zero attached hydrogens (tertiary/aromatic N) is 3. The van der Waals surface area contributed by atoms with E-state index in [4.69, 9.17) is 14.7 Å². The lowest BCUT2D eigenvalue weighted by Gasteiger charge is -2.13. The largest absolute Gasteiger partial charge is 0.497 e. The number of hydrogen-bond acceptors (Lipinski definition) is 5. The van der Waals surface area contributed by atoms with E-state index < -0.39 is 0 Å². The Morgan fingerprint density at radius 3 is 2.44 bits per heavy atom. The highest BCUT2D eigenvalue weighted by Gasteiger charge is 2.12. The van der Waals surface area contributed by atoms with Crippen molar-refractivity contribution >= 4 is 16.7 Å². The van der Waals surface area contributed by atoms with Crippen LogP contribution in [0.5, 0.6) is 5.75 Å². The third kappa shape index (κ3) is 3.19. The molecule has 2 aromatic heterocycles. The van der Waals surface area contributed by atoms with Crippen molar-refractivity contribution in [3.05, 3.63) is 66.5 Å². The predicted octanol–water partition coefficient (Wildman–Crippen LogP) is 4.72. The number of nitrogens with one attached hydrogen (secondary N) is 1. The Morgan fingerprint density at radius 2 is 1.78 bits per heavy atom. The summed E-state index contributed by atoms with van der Waals surface area (Å²) in [6.45, 7) is 2.10. The number of pyridine rings is 1. The molecule has 134 valence electrons. The first kappa shape index (κ1) is 17.0. The van der Waals surface area contributed by atoms with Crippen LogP contribution in [0.2, 0.25) is 0 Å². The van der Waals surface area contributed by atoms with Gasteiger partial charge in [0.1, 0.15) is 11.6 Å². The van der Waals surface area contributed by atoms with E-state index in [-0.39, 0.29) is 0 Å². The molecule has 0 aliphatic heterocycles. The molecule has 27 heavy (non-hydrogen) atoms.